The van der Waals surface area contributed by atoms with E-state index in [1.54, 1.807) is 11.3 Å². The van der Waals surface area contributed by atoms with Crippen LogP contribution in [0.25, 0.3) is 0 Å². The van der Waals surface area contributed by atoms with E-state index < -0.39 is 0 Å². The van der Waals surface area contributed by atoms with Crippen molar-refractivity contribution >= 4 is 16.5 Å². The highest BCUT2D eigenvalue weighted by Crippen LogP contribution is 2.34. The van der Waals surface area contributed by atoms with Crippen LogP contribution in [0, 0.1) is 0 Å². The summed E-state index contributed by atoms with van der Waals surface area (Å²) < 4.78 is 0. The van der Waals surface area contributed by atoms with E-state index in [9.17, 15) is 0 Å². The van der Waals surface area contributed by atoms with Gasteiger partial charge in [0.05, 0.1) is 0 Å². The molecule has 0 aromatic carbocycles. The summed E-state index contributed by atoms with van der Waals surface area (Å²) in [5.74, 6) is 0.688. The first-order valence-electron chi connectivity index (χ1n) is 4.91. The molecule has 0 amide bonds. The first kappa shape index (κ1) is 8.94. The van der Waals surface area contributed by atoms with Crippen LogP contribution in [0.4, 0.5) is 5.13 Å². The SMILES string of the molecule is CNc1nnc(C2CCCCC2)s1. The molecule has 1 aliphatic rings. The molecular formula is C9H15N3S. The van der Waals surface area contributed by atoms with E-state index >= 15 is 0 Å². The minimum Gasteiger partial charge on any atom is -0.363 e. The fourth-order valence-corrected chi connectivity index (χ4v) is 2.72. The minimum absolute atomic E-state index is 0.688. The highest BCUT2D eigenvalue weighted by Gasteiger charge is 2.19. The van der Waals surface area contributed by atoms with Gasteiger partial charge in [-0.25, -0.2) is 0 Å². The van der Waals surface area contributed by atoms with Gasteiger partial charge in [0.25, 0.3) is 0 Å². The normalized spacial score (nSPS) is 18.8. The Morgan fingerprint density at radius 2 is 2.00 bits per heavy atom. The van der Waals surface area contributed by atoms with Crippen LogP contribution in [0.1, 0.15) is 43.0 Å². The van der Waals surface area contributed by atoms with Crippen LogP contribution in [0.3, 0.4) is 0 Å². The molecule has 2 rings (SSSR count). The molecule has 4 heteroatoms. The van der Waals surface area contributed by atoms with Crippen LogP contribution in [-0.4, -0.2) is 17.2 Å². The number of hydrogen-bond acceptors (Lipinski definition) is 4. The Balaban J connectivity index is 2.05. The Hall–Kier alpha value is -0.640. The monoisotopic (exact) mass is 197 g/mol. The lowest BCUT2D eigenvalue weighted by molar-refractivity contribution is 0.440. The third-order valence-corrected chi connectivity index (χ3v) is 3.71. The summed E-state index contributed by atoms with van der Waals surface area (Å²) in [7, 11) is 1.89. The van der Waals surface area contributed by atoms with Gasteiger partial charge in [0.2, 0.25) is 5.13 Å². The first-order chi connectivity index (χ1) is 6.40. The summed E-state index contributed by atoms with van der Waals surface area (Å²) in [5, 5.41) is 13.5. The number of aromatic nitrogens is 2. The Kier molecular flexibility index (Phi) is 2.78. The number of rotatable bonds is 2. The van der Waals surface area contributed by atoms with Crippen molar-refractivity contribution in [3.8, 4) is 0 Å². The largest absolute Gasteiger partial charge is 0.363 e. The smallest absolute Gasteiger partial charge is 0.205 e. The molecule has 1 heterocycles. The van der Waals surface area contributed by atoms with E-state index in [1.165, 1.54) is 37.1 Å². The molecule has 0 saturated heterocycles. The van der Waals surface area contributed by atoms with Gasteiger partial charge in [0.15, 0.2) is 0 Å². The van der Waals surface area contributed by atoms with Gasteiger partial charge in [-0.3, -0.25) is 0 Å². The number of nitrogens with one attached hydrogen (secondary N) is 1. The van der Waals surface area contributed by atoms with Gasteiger partial charge in [-0.05, 0) is 12.8 Å². The minimum atomic E-state index is 0.688. The topological polar surface area (TPSA) is 37.8 Å². The summed E-state index contributed by atoms with van der Waals surface area (Å²) >= 11 is 1.71. The van der Waals surface area contributed by atoms with Crippen LogP contribution in [-0.2, 0) is 0 Å². The maximum Gasteiger partial charge on any atom is 0.205 e. The van der Waals surface area contributed by atoms with E-state index in [0.717, 1.165) is 5.13 Å². The predicted octanol–water partition coefficient (Wildman–Crippen LogP) is 2.63. The number of anilines is 1. The zero-order valence-electron chi connectivity index (χ0n) is 7.92. The van der Waals surface area contributed by atoms with Crippen molar-refractivity contribution in [2.45, 2.75) is 38.0 Å². The first-order valence-corrected chi connectivity index (χ1v) is 5.73. The van der Waals surface area contributed by atoms with Crippen molar-refractivity contribution in [2.24, 2.45) is 0 Å². The van der Waals surface area contributed by atoms with Crippen LogP contribution in [0.15, 0.2) is 0 Å². The summed E-state index contributed by atoms with van der Waals surface area (Å²) in [5.41, 5.74) is 0. The predicted molar refractivity (Wildman–Crippen MR) is 55.3 cm³/mol. The van der Waals surface area contributed by atoms with Crippen molar-refractivity contribution < 1.29 is 0 Å². The van der Waals surface area contributed by atoms with Crippen molar-refractivity contribution in [3.63, 3.8) is 0 Å². The molecule has 0 unspecified atom stereocenters. The maximum atomic E-state index is 4.22. The third-order valence-electron chi connectivity index (χ3n) is 2.61. The summed E-state index contributed by atoms with van der Waals surface area (Å²) in [4.78, 5) is 0. The average Bonchev–Trinajstić information content (AvgIpc) is 2.67. The molecule has 1 aliphatic carbocycles. The summed E-state index contributed by atoms with van der Waals surface area (Å²) in [6, 6.07) is 0. The quantitative estimate of drug-likeness (QED) is 0.792. The summed E-state index contributed by atoms with van der Waals surface area (Å²) in [6.45, 7) is 0. The van der Waals surface area contributed by atoms with Crippen molar-refractivity contribution in [3.05, 3.63) is 5.01 Å². The molecule has 0 atom stereocenters. The van der Waals surface area contributed by atoms with E-state index in [1.807, 2.05) is 7.05 Å². The third kappa shape index (κ3) is 1.99. The van der Waals surface area contributed by atoms with Crippen LogP contribution in [0.5, 0.6) is 0 Å². The average molecular weight is 197 g/mol. The van der Waals surface area contributed by atoms with Gasteiger partial charge in [-0.1, -0.05) is 30.6 Å². The lowest BCUT2D eigenvalue weighted by atomic mass is 9.90. The Morgan fingerprint density at radius 3 is 2.62 bits per heavy atom. The van der Waals surface area contributed by atoms with Gasteiger partial charge in [-0.2, -0.15) is 0 Å². The standard InChI is InChI=1S/C9H15N3S/c1-10-9-12-11-8(13-9)7-5-3-2-4-6-7/h7H,2-6H2,1H3,(H,10,12). The molecule has 0 spiro atoms. The van der Waals surface area contributed by atoms with Gasteiger partial charge < -0.3 is 5.32 Å². The molecule has 1 saturated carbocycles. The molecular weight excluding hydrogens is 182 g/mol. The lowest BCUT2D eigenvalue weighted by Gasteiger charge is -2.18. The molecule has 0 aliphatic heterocycles. The highest BCUT2D eigenvalue weighted by molar-refractivity contribution is 7.15. The molecule has 1 aromatic rings. The number of nitrogens with zero attached hydrogens (tertiary/aromatic N) is 2. The van der Waals surface area contributed by atoms with E-state index in [2.05, 4.69) is 15.5 Å². The molecule has 1 aromatic heterocycles. The fraction of sp³-hybridized carbons (Fsp3) is 0.778. The van der Waals surface area contributed by atoms with Crippen LogP contribution >= 0.6 is 11.3 Å². The molecule has 3 nitrogen and oxygen atoms in total. The second-order valence-corrected chi connectivity index (χ2v) is 4.54. The summed E-state index contributed by atoms with van der Waals surface area (Å²) in [6.07, 6.45) is 6.73. The highest BCUT2D eigenvalue weighted by atomic mass is 32.1. The van der Waals surface area contributed by atoms with Crippen molar-refractivity contribution in [1.82, 2.24) is 10.2 Å². The Bertz CT molecular complexity index is 266. The molecule has 1 fully saturated rings. The van der Waals surface area contributed by atoms with Crippen LogP contribution in [0.2, 0.25) is 0 Å². The second-order valence-electron chi connectivity index (χ2n) is 3.53. The van der Waals surface area contributed by atoms with Gasteiger partial charge in [-0.15, -0.1) is 10.2 Å². The maximum absolute atomic E-state index is 4.22. The second kappa shape index (κ2) is 4.05. The van der Waals surface area contributed by atoms with E-state index in [4.69, 9.17) is 0 Å². The van der Waals surface area contributed by atoms with E-state index in [0.29, 0.717) is 5.92 Å². The molecule has 1 N–H and O–H groups in total. The fourth-order valence-electron chi connectivity index (χ4n) is 1.85. The number of hydrogen-bond donors (Lipinski definition) is 1. The van der Waals surface area contributed by atoms with Crippen molar-refractivity contribution in [2.75, 3.05) is 12.4 Å². The van der Waals surface area contributed by atoms with E-state index in [-0.39, 0.29) is 0 Å². The Morgan fingerprint density at radius 1 is 1.23 bits per heavy atom. The van der Waals surface area contributed by atoms with Gasteiger partial charge in [0, 0.05) is 13.0 Å². The zero-order chi connectivity index (χ0) is 9.10. The van der Waals surface area contributed by atoms with Gasteiger partial charge >= 0.3 is 0 Å². The van der Waals surface area contributed by atoms with Crippen LogP contribution < -0.4 is 5.32 Å². The molecule has 0 bridgehead atoms. The Labute approximate surface area is 82.6 Å². The van der Waals surface area contributed by atoms with Crippen molar-refractivity contribution in [1.29, 1.82) is 0 Å². The molecule has 13 heavy (non-hydrogen) atoms. The lowest BCUT2D eigenvalue weighted by Crippen LogP contribution is -2.03. The zero-order valence-corrected chi connectivity index (χ0v) is 8.73. The molecule has 0 radical (unpaired) electrons. The van der Waals surface area contributed by atoms with Gasteiger partial charge in [0.1, 0.15) is 5.01 Å². The molecule has 72 valence electrons.